The van der Waals surface area contributed by atoms with Crippen molar-refractivity contribution < 1.29 is 9.23 Å². The summed E-state index contributed by atoms with van der Waals surface area (Å²) in [7, 11) is 0. The molecule has 2 aromatic rings. The van der Waals surface area contributed by atoms with Crippen LogP contribution in [0.2, 0.25) is 5.02 Å². The molecule has 19 heavy (non-hydrogen) atoms. The predicted octanol–water partition coefficient (Wildman–Crippen LogP) is 4.26. The first-order valence-electron chi connectivity index (χ1n) is 6.03. The zero-order valence-corrected chi connectivity index (χ0v) is 11.3. The van der Waals surface area contributed by atoms with Crippen LogP contribution in [0.5, 0.6) is 0 Å². The summed E-state index contributed by atoms with van der Waals surface area (Å²) in [4.78, 5) is 5.42. The number of nitrogens with one attached hydrogen (secondary N) is 1. The lowest BCUT2D eigenvalue weighted by Crippen LogP contribution is -2.19. The van der Waals surface area contributed by atoms with Gasteiger partial charge in [-0.05, 0) is 30.2 Å². The van der Waals surface area contributed by atoms with Gasteiger partial charge in [-0.1, -0.05) is 48.0 Å². The fourth-order valence-electron chi connectivity index (χ4n) is 1.67. The summed E-state index contributed by atoms with van der Waals surface area (Å²) in [6, 6.07) is 14.4. The summed E-state index contributed by atoms with van der Waals surface area (Å²) in [5.74, 6) is -0.414. The molecule has 1 unspecified atom stereocenters. The normalized spacial score (nSPS) is 12.4. The first kappa shape index (κ1) is 14.0. The van der Waals surface area contributed by atoms with Gasteiger partial charge in [0.2, 0.25) is 0 Å². The molecule has 0 spiro atoms. The fourth-order valence-corrected chi connectivity index (χ4v) is 1.86. The second kappa shape index (κ2) is 6.66. The monoisotopic (exact) mass is 279 g/mol. The van der Waals surface area contributed by atoms with E-state index in [0.717, 1.165) is 11.1 Å². The van der Waals surface area contributed by atoms with E-state index in [4.69, 9.17) is 16.4 Å². The molecule has 1 atom stereocenters. The van der Waals surface area contributed by atoms with Gasteiger partial charge in [-0.3, -0.25) is 4.84 Å². The Bertz CT molecular complexity index is 533. The molecule has 2 aromatic carbocycles. The number of hydrogen-bond acceptors (Lipinski definition) is 2. The van der Waals surface area contributed by atoms with E-state index in [1.54, 1.807) is 12.1 Å². The van der Waals surface area contributed by atoms with Crippen LogP contribution in [0.3, 0.4) is 0 Å². The fraction of sp³-hybridized carbons (Fsp3) is 0.200. The lowest BCUT2D eigenvalue weighted by atomic mass is 10.1. The van der Waals surface area contributed by atoms with Crippen molar-refractivity contribution >= 4 is 11.6 Å². The Morgan fingerprint density at radius 2 is 1.95 bits per heavy atom. The number of halogens is 2. The molecule has 0 radical (unpaired) electrons. The van der Waals surface area contributed by atoms with Crippen molar-refractivity contribution in [3.8, 4) is 0 Å². The summed E-state index contributed by atoms with van der Waals surface area (Å²) < 4.78 is 13.1. The standard InChI is InChI=1S/C15H15ClFNO/c1-11(13-7-8-15(17)14(16)9-13)18-19-10-12-5-3-2-4-6-12/h2-9,11,18H,10H2,1H3. The van der Waals surface area contributed by atoms with Crippen molar-refractivity contribution in [2.45, 2.75) is 19.6 Å². The maximum atomic E-state index is 13.1. The van der Waals surface area contributed by atoms with Crippen LogP contribution in [0.1, 0.15) is 24.1 Å². The van der Waals surface area contributed by atoms with Crippen LogP contribution in [-0.2, 0) is 11.4 Å². The third-order valence-electron chi connectivity index (χ3n) is 2.79. The molecule has 0 aliphatic heterocycles. The predicted molar refractivity (Wildman–Crippen MR) is 74.2 cm³/mol. The highest BCUT2D eigenvalue weighted by molar-refractivity contribution is 6.30. The molecule has 0 amide bonds. The highest BCUT2D eigenvalue weighted by Crippen LogP contribution is 2.20. The minimum absolute atomic E-state index is 0.0678. The van der Waals surface area contributed by atoms with Crippen LogP contribution in [-0.4, -0.2) is 0 Å². The quantitative estimate of drug-likeness (QED) is 0.826. The van der Waals surface area contributed by atoms with Gasteiger partial charge in [0.1, 0.15) is 5.82 Å². The summed E-state index contributed by atoms with van der Waals surface area (Å²) in [5.41, 5.74) is 4.87. The van der Waals surface area contributed by atoms with E-state index >= 15 is 0 Å². The summed E-state index contributed by atoms with van der Waals surface area (Å²) in [5, 5.41) is 0.120. The molecule has 0 fully saturated rings. The second-order valence-electron chi connectivity index (χ2n) is 4.29. The zero-order valence-electron chi connectivity index (χ0n) is 10.6. The van der Waals surface area contributed by atoms with E-state index in [-0.39, 0.29) is 11.1 Å². The van der Waals surface area contributed by atoms with Crippen molar-refractivity contribution in [2.75, 3.05) is 0 Å². The van der Waals surface area contributed by atoms with Crippen LogP contribution < -0.4 is 5.48 Å². The molecule has 0 heterocycles. The minimum atomic E-state index is -0.414. The van der Waals surface area contributed by atoms with Crippen molar-refractivity contribution in [3.05, 3.63) is 70.5 Å². The van der Waals surface area contributed by atoms with Crippen molar-refractivity contribution in [1.29, 1.82) is 0 Å². The minimum Gasteiger partial charge on any atom is -0.296 e. The number of rotatable bonds is 5. The van der Waals surface area contributed by atoms with E-state index in [1.165, 1.54) is 6.07 Å². The lowest BCUT2D eigenvalue weighted by Gasteiger charge is -2.14. The average molecular weight is 280 g/mol. The molecule has 0 bridgehead atoms. The van der Waals surface area contributed by atoms with Crippen LogP contribution >= 0.6 is 11.6 Å². The molecule has 4 heteroatoms. The van der Waals surface area contributed by atoms with Crippen molar-refractivity contribution in [2.24, 2.45) is 0 Å². The number of benzene rings is 2. The summed E-state index contributed by atoms with van der Waals surface area (Å²) >= 11 is 5.74. The molecule has 0 aliphatic carbocycles. The first-order valence-corrected chi connectivity index (χ1v) is 6.41. The molecule has 100 valence electrons. The first-order chi connectivity index (χ1) is 9.16. The van der Waals surface area contributed by atoms with Crippen LogP contribution in [0.15, 0.2) is 48.5 Å². The third-order valence-corrected chi connectivity index (χ3v) is 3.08. The zero-order chi connectivity index (χ0) is 13.7. The smallest absolute Gasteiger partial charge is 0.141 e. The van der Waals surface area contributed by atoms with Gasteiger partial charge in [-0.2, -0.15) is 5.48 Å². The highest BCUT2D eigenvalue weighted by Gasteiger charge is 2.08. The van der Waals surface area contributed by atoms with Gasteiger partial charge in [-0.25, -0.2) is 4.39 Å². The topological polar surface area (TPSA) is 21.3 Å². The van der Waals surface area contributed by atoms with E-state index in [1.807, 2.05) is 37.3 Å². The van der Waals surface area contributed by atoms with Crippen LogP contribution in [0.4, 0.5) is 4.39 Å². The molecular weight excluding hydrogens is 265 g/mol. The van der Waals surface area contributed by atoms with Gasteiger partial charge in [0, 0.05) is 0 Å². The van der Waals surface area contributed by atoms with Crippen molar-refractivity contribution in [1.82, 2.24) is 5.48 Å². The van der Waals surface area contributed by atoms with Crippen LogP contribution in [0, 0.1) is 5.82 Å². The Morgan fingerprint density at radius 3 is 2.63 bits per heavy atom. The molecule has 0 saturated heterocycles. The Labute approximate surface area is 117 Å². The molecule has 0 saturated carbocycles. The number of hydroxylamine groups is 1. The Kier molecular flexibility index (Phi) is 4.91. The molecule has 1 N–H and O–H groups in total. The van der Waals surface area contributed by atoms with E-state index in [2.05, 4.69) is 5.48 Å². The average Bonchev–Trinajstić information content (AvgIpc) is 2.43. The summed E-state index contributed by atoms with van der Waals surface area (Å²) in [6.45, 7) is 2.40. The van der Waals surface area contributed by atoms with Gasteiger partial charge in [0.25, 0.3) is 0 Å². The Balaban J connectivity index is 1.87. The largest absolute Gasteiger partial charge is 0.296 e. The lowest BCUT2D eigenvalue weighted by molar-refractivity contribution is 0.00697. The van der Waals surface area contributed by atoms with E-state index in [0.29, 0.717) is 6.61 Å². The SMILES string of the molecule is CC(NOCc1ccccc1)c1ccc(F)c(Cl)c1. The number of hydrogen-bond donors (Lipinski definition) is 1. The summed E-state index contributed by atoms with van der Waals surface area (Å²) in [6.07, 6.45) is 0. The molecule has 2 nitrogen and oxygen atoms in total. The van der Waals surface area contributed by atoms with Crippen molar-refractivity contribution in [3.63, 3.8) is 0 Å². The third kappa shape index (κ3) is 4.03. The molecule has 2 rings (SSSR count). The Hall–Kier alpha value is -1.42. The van der Waals surface area contributed by atoms with Gasteiger partial charge < -0.3 is 0 Å². The van der Waals surface area contributed by atoms with Gasteiger partial charge in [0.15, 0.2) is 0 Å². The molecule has 0 aliphatic rings. The van der Waals surface area contributed by atoms with E-state index < -0.39 is 5.82 Å². The molecular formula is C15H15ClFNO. The second-order valence-corrected chi connectivity index (χ2v) is 4.69. The van der Waals surface area contributed by atoms with Gasteiger partial charge in [-0.15, -0.1) is 0 Å². The highest BCUT2D eigenvalue weighted by atomic mass is 35.5. The van der Waals surface area contributed by atoms with E-state index in [9.17, 15) is 4.39 Å². The Morgan fingerprint density at radius 1 is 1.21 bits per heavy atom. The van der Waals surface area contributed by atoms with Crippen LogP contribution in [0.25, 0.3) is 0 Å². The van der Waals surface area contributed by atoms with Gasteiger partial charge >= 0.3 is 0 Å². The molecule has 0 aromatic heterocycles. The maximum absolute atomic E-state index is 13.1. The maximum Gasteiger partial charge on any atom is 0.141 e. The van der Waals surface area contributed by atoms with Gasteiger partial charge in [0.05, 0.1) is 17.7 Å².